The van der Waals surface area contributed by atoms with Gasteiger partial charge in [-0.15, -0.1) is 0 Å². The molecule has 0 fully saturated rings. The number of amides is 1. The van der Waals surface area contributed by atoms with Gasteiger partial charge in [0.05, 0.1) is 6.42 Å². The number of carbonyl (C=O) groups is 2. The number of nitrogens with one attached hydrogen (secondary N) is 1. The number of carbonyl (C=O) groups excluding carboxylic acids is 1. The van der Waals surface area contributed by atoms with Gasteiger partial charge in [-0.25, -0.2) is 4.79 Å². The number of hydrogen-bond acceptors (Lipinski definition) is 3. The van der Waals surface area contributed by atoms with Gasteiger partial charge in [0, 0.05) is 11.9 Å². The number of carboxylic acids is 1. The Morgan fingerprint density at radius 1 is 1.10 bits per heavy atom. The van der Waals surface area contributed by atoms with Gasteiger partial charge in [0.25, 0.3) is 0 Å². The second-order valence-corrected chi connectivity index (χ2v) is 4.25. The Kier molecular flexibility index (Phi) is 4.44. The fourth-order valence-electron chi connectivity index (χ4n) is 1.81. The molecule has 2 rings (SSSR count). The van der Waals surface area contributed by atoms with Crippen LogP contribution in [-0.4, -0.2) is 22.0 Å². The van der Waals surface area contributed by atoms with Gasteiger partial charge < -0.3 is 10.4 Å². The topological polar surface area (TPSA) is 79.3 Å². The predicted octanol–water partition coefficient (Wildman–Crippen LogP) is 1.57. The molecule has 1 unspecified atom stereocenters. The molecule has 1 atom stereocenters. The zero-order valence-electron chi connectivity index (χ0n) is 10.7. The van der Waals surface area contributed by atoms with E-state index in [9.17, 15) is 14.7 Å². The summed E-state index contributed by atoms with van der Waals surface area (Å²) < 4.78 is 0. The van der Waals surface area contributed by atoms with Crippen LogP contribution in [0.4, 0.5) is 0 Å². The molecule has 1 amide bonds. The van der Waals surface area contributed by atoms with E-state index < -0.39 is 12.0 Å². The molecule has 0 radical (unpaired) electrons. The Bertz CT molecular complexity index is 585. The minimum atomic E-state index is -1.09. The van der Waals surface area contributed by atoms with Gasteiger partial charge in [-0.05, 0) is 17.7 Å². The number of rotatable bonds is 5. The first-order valence-electron chi connectivity index (χ1n) is 6.14. The molecule has 5 nitrogen and oxygen atoms in total. The maximum absolute atomic E-state index is 11.9. The number of benzene rings is 1. The number of hydrogen-bond donors (Lipinski definition) is 2. The fourth-order valence-corrected chi connectivity index (χ4v) is 1.81. The number of aliphatic carboxylic acids is 1. The van der Waals surface area contributed by atoms with Crippen LogP contribution in [0.5, 0.6) is 0 Å². The highest BCUT2D eigenvalue weighted by Crippen LogP contribution is 2.12. The number of pyridine rings is 1. The molecular weight excluding hydrogens is 256 g/mol. The minimum absolute atomic E-state index is 0.0530. The second-order valence-electron chi connectivity index (χ2n) is 4.25. The molecule has 1 aromatic heterocycles. The average Bonchev–Trinajstić information content (AvgIpc) is 2.46. The zero-order valence-corrected chi connectivity index (χ0v) is 10.7. The maximum atomic E-state index is 11.9. The number of aromatic nitrogens is 1. The van der Waals surface area contributed by atoms with E-state index in [4.69, 9.17) is 0 Å². The van der Waals surface area contributed by atoms with Crippen LogP contribution in [0.15, 0.2) is 54.7 Å². The molecule has 2 N–H and O–H groups in total. The van der Waals surface area contributed by atoms with E-state index in [0.717, 1.165) is 0 Å². The van der Waals surface area contributed by atoms with Crippen molar-refractivity contribution in [3.8, 4) is 0 Å². The third-order valence-corrected chi connectivity index (χ3v) is 2.75. The third kappa shape index (κ3) is 3.65. The molecule has 0 aliphatic heterocycles. The van der Waals surface area contributed by atoms with Crippen LogP contribution < -0.4 is 5.32 Å². The standard InChI is InChI=1S/C15H14N2O3/c18-13(10-12-8-4-5-9-16-12)17-14(15(19)20)11-6-2-1-3-7-11/h1-9,14H,10H2,(H,17,18)(H,19,20). The molecule has 0 spiro atoms. The van der Waals surface area contributed by atoms with Crippen molar-refractivity contribution >= 4 is 11.9 Å². The predicted molar refractivity (Wildman–Crippen MR) is 72.9 cm³/mol. The van der Waals surface area contributed by atoms with E-state index in [1.54, 1.807) is 54.7 Å². The average molecular weight is 270 g/mol. The van der Waals surface area contributed by atoms with Crippen LogP contribution in [0.3, 0.4) is 0 Å². The Hall–Kier alpha value is -2.69. The Morgan fingerprint density at radius 2 is 1.80 bits per heavy atom. The van der Waals surface area contributed by atoms with Gasteiger partial charge >= 0.3 is 5.97 Å². The SMILES string of the molecule is O=C(Cc1ccccn1)NC(C(=O)O)c1ccccc1. The minimum Gasteiger partial charge on any atom is -0.479 e. The monoisotopic (exact) mass is 270 g/mol. The molecule has 0 aliphatic carbocycles. The number of nitrogens with zero attached hydrogens (tertiary/aromatic N) is 1. The summed E-state index contributed by atoms with van der Waals surface area (Å²) >= 11 is 0. The van der Waals surface area contributed by atoms with Crippen LogP contribution >= 0.6 is 0 Å². The zero-order chi connectivity index (χ0) is 14.4. The van der Waals surface area contributed by atoms with E-state index in [1.165, 1.54) is 0 Å². The number of carboxylic acid groups (broad SMARTS) is 1. The van der Waals surface area contributed by atoms with Crippen LogP contribution in [0, 0.1) is 0 Å². The summed E-state index contributed by atoms with van der Waals surface area (Å²) in [5.41, 5.74) is 1.14. The molecule has 20 heavy (non-hydrogen) atoms. The normalized spacial score (nSPS) is 11.6. The van der Waals surface area contributed by atoms with Gasteiger partial charge in [-0.2, -0.15) is 0 Å². The molecule has 102 valence electrons. The van der Waals surface area contributed by atoms with E-state index in [2.05, 4.69) is 10.3 Å². The van der Waals surface area contributed by atoms with Crippen molar-refractivity contribution in [1.82, 2.24) is 10.3 Å². The first-order valence-corrected chi connectivity index (χ1v) is 6.14. The van der Waals surface area contributed by atoms with Crippen molar-refractivity contribution in [3.63, 3.8) is 0 Å². The highest BCUT2D eigenvalue weighted by atomic mass is 16.4. The van der Waals surface area contributed by atoms with Gasteiger partial charge in [0.2, 0.25) is 5.91 Å². The van der Waals surface area contributed by atoms with Gasteiger partial charge in [0.1, 0.15) is 0 Å². The smallest absolute Gasteiger partial charge is 0.330 e. The molecule has 1 aromatic carbocycles. The van der Waals surface area contributed by atoms with Gasteiger partial charge in [-0.3, -0.25) is 9.78 Å². The van der Waals surface area contributed by atoms with Crippen molar-refractivity contribution in [2.24, 2.45) is 0 Å². The van der Waals surface area contributed by atoms with Crippen LogP contribution in [0.2, 0.25) is 0 Å². The van der Waals surface area contributed by atoms with Crippen molar-refractivity contribution < 1.29 is 14.7 Å². The molecular formula is C15H14N2O3. The summed E-state index contributed by atoms with van der Waals surface area (Å²) in [6.07, 6.45) is 1.64. The first kappa shape index (κ1) is 13.7. The Balaban J connectivity index is 2.06. The molecule has 0 aliphatic rings. The van der Waals surface area contributed by atoms with Crippen molar-refractivity contribution in [2.45, 2.75) is 12.5 Å². The summed E-state index contributed by atoms with van der Waals surface area (Å²) in [6.45, 7) is 0. The van der Waals surface area contributed by atoms with E-state index in [1.807, 2.05) is 0 Å². The van der Waals surface area contributed by atoms with Crippen LogP contribution in [-0.2, 0) is 16.0 Å². The Labute approximate surface area is 116 Å². The first-order chi connectivity index (χ1) is 9.66. The van der Waals surface area contributed by atoms with Gasteiger partial charge in [-0.1, -0.05) is 36.4 Å². The summed E-state index contributed by atoms with van der Waals surface area (Å²) in [4.78, 5) is 27.2. The largest absolute Gasteiger partial charge is 0.479 e. The lowest BCUT2D eigenvalue weighted by Gasteiger charge is -2.14. The van der Waals surface area contributed by atoms with E-state index in [0.29, 0.717) is 11.3 Å². The molecule has 0 saturated heterocycles. The molecule has 5 heteroatoms. The highest BCUT2D eigenvalue weighted by molar-refractivity contribution is 5.85. The van der Waals surface area contributed by atoms with E-state index >= 15 is 0 Å². The summed E-state index contributed by atoms with van der Waals surface area (Å²) in [7, 11) is 0. The fraction of sp³-hybridized carbons (Fsp3) is 0.133. The summed E-state index contributed by atoms with van der Waals surface area (Å²) in [5, 5.41) is 11.7. The quantitative estimate of drug-likeness (QED) is 0.864. The van der Waals surface area contributed by atoms with Crippen molar-refractivity contribution in [3.05, 3.63) is 66.0 Å². The van der Waals surface area contributed by atoms with Crippen LogP contribution in [0.25, 0.3) is 0 Å². The van der Waals surface area contributed by atoms with Crippen LogP contribution in [0.1, 0.15) is 17.3 Å². The molecule has 1 heterocycles. The lowest BCUT2D eigenvalue weighted by Crippen LogP contribution is -2.34. The van der Waals surface area contributed by atoms with Crippen molar-refractivity contribution in [2.75, 3.05) is 0 Å². The summed E-state index contributed by atoms with van der Waals surface area (Å²) in [6, 6.07) is 12.8. The highest BCUT2D eigenvalue weighted by Gasteiger charge is 2.21. The third-order valence-electron chi connectivity index (χ3n) is 2.75. The van der Waals surface area contributed by atoms with Gasteiger partial charge in [0.15, 0.2) is 6.04 Å². The lowest BCUT2D eigenvalue weighted by molar-refractivity contribution is -0.142. The second kappa shape index (κ2) is 6.47. The molecule has 0 saturated carbocycles. The van der Waals surface area contributed by atoms with Crippen molar-refractivity contribution in [1.29, 1.82) is 0 Å². The summed E-state index contributed by atoms with van der Waals surface area (Å²) in [5.74, 6) is -1.47. The maximum Gasteiger partial charge on any atom is 0.330 e. The molecule has 0 bridgehead atoms. The lowest BCUT2D eigenvalue weighted by atomic mass is 10.1. The van der Waals surface area contributed by atoms with E-state index in [-0.39, 0.29) is 12.3 Å². The Morgan fingerprint density at radius 3 is 2.40 bits per heavy atom. The molecule has 2 aromatic rings.